The molecule has 2 aliphatic rings. The molecule has 4 atom stereocenters. The molecule has 1 aromatic heterocycles. The number of rotatable bonds is 9. The predicted molar refractivity (Wildman–Crippen MR) is 163 cm³/mol. The summed E-state index contributed by atoms with van der Waals surface area (Å²) in [6, 6.07) is 26.0. The van der Waals surface area contributed by atoms with E-state index in [1.165, 1.54) is 10.4 Å². The highest BCUT2D eigenvalue weighted by atomic mass is 16.7. The quantitative estimate of drug-likeness (QED) is 0.325. The Morgan fingerprint density at radius 1 is 0.881 bits per heavy atom. The van der Waals surface area contributed by atoms with Crippen LogP contribution >= 0.6 is 0 Å². The van der Waals surface area contributed by atoms with E-state index >= 15 is 0 Å². The van der Waals surface area contributed by atoms with E-state index in [2.05, 4.69) is 39.2 Å². The normalized spacial score (nSPS) is 20.5. The van der Waals surface area contributed by atoms with E-state index in [1.54, 1.807) is 10.9 Å². The summed E-state index contributed by atoms with van der Waals surface area (Å²) in [5.74, 6) is 0.820. The molecule has 2 saturated heterocycles. The molecule has 3 aromatic carbocycles. The summed E-state index contributed by atoms with van der Waals surface area (Å²) in [5.41, 5.74) is 9.91. The molecule has 2 fully saturated rings. The Kier molecular flexibility index (Phi) is 8.27. The predicted octanol–water partition coefficient (Wildman–Crippen LogP) is 3.76. The number of ether oxygens (including phenoxy) is 3. The van der Waals surface area contributed by atoms with Crippen molar-refractivity contribution in [1.29, 1.82) is 0 Å². The molecule has 2 unspecified atom stereocenters. The van der Waals surface area contributed by atoms with Crippen molar-refractivity contribution in [3.63, 3.8) is 0 Å². The van der Waals surface area contributed by atoms with E-state index in [4.69, 9.17) is 19.9 Å². The van der Waals surface area contributed by atoms with Crippen LogP contribution < -0.4 is 26.0 Å². The highest BCUT2D eigenvalue weighted by molar-refractivity contribution is 5.54. The lowest BCUT2D eigenvalue weighted by atomic mass is 10.2. The van der Waals surface area contributed by atoms with Crippen molar-refractivity contribution in [3.8, 4) is 11.4 Å². The highest BCUT2D eigenvalue weighted by Gasteiger charge is 2.28. The monoisotopic (exact) mass is 570 g/mol. The molecule has 0 radical (unpaired) electrons. The lowest BCUT2D eigenvalue weighted by molar-refractivity contribution is -0.0659. The van der Waals surface area contributed by atoms with Crippen LogP contribution in [0.4, 0.5) is 11.4 Å². The van der Waals surface area contributed by atoms with Crippen molar-refractivity contribution >= 4 is 11.4 Å². The van der Waals surface area contributed by atoms with Crippen molar-refractivity contribution < 1.29 is 14.2 Å². The fraction of sp³-hybridized carbons (Fsp3) is 0.375. The number of nitrogens with two attached hydrogens (primary N) is 1. The highest BCUT2D eigenvalue weighted by Crippen LogP contribution is 2.28. The van der Waals surface area contributed by atoms with Gasteiger partial charge in [-0.3, -0.25) is 0 Å². The van der Waals surface area contributed by atoms with Crippen molar-refractivity contribution in [2.75, 3.05) is 49.2 Å². The van der Waals surface area contributed by atoms with Crippen LogP contribution in [0, 0.1) is 0 Å². The van der Waals surface area contributed by atoms with E-state index in [-0.39, 0.29) is 30.2 Å². The molecular formula is C32H38N6O4. The molecule has 0 spiro atoms. The molecule has 0 aliphatic carbocycles. The minimum absolute atomic E-state index is 0.0978. The lowest BCUT2D eigenvalue weighted by Crippen LogP contribution is -2.46. The van der Waals surface area contributed by atoms with Crippen LogP contribution in [0.5, 0.6) is 5.75 Å². The van der Waals surface area contributed by atoms with Gasteiger partial charge >= 0.3 is 5.69 Å². The average molecular weight is 571 g/mol. The SMILES string of the molecule is CC(N)C(C)n1ncn(-c2ccc(N3CCN(c4ccc(OC[C@@H]5CO[C@@H](c6ccccc6)O5)cc4)CC3)cc2)c1=O. The molecule has 220 valence electrons. The first-order valence-electron chi connectivity index (χ1n) is 14.5. The molecule has 10 heteroatoms. The number of piperazine rings is 1. The topological polar surface area (TPSA) is 100 Å². The molecule has 4 aromatic rings. The molecular weight excluding hydrogens is 532 g/mol. The van der Waals surface area contributed by atoms with Gasteiger partial charge in [0.2, 0.25) is 0 Å². The van der Waals surface area contributed by atoms with Crippen molar-refractivity contribution in [1.82, 2.24) is 14.3 Å². The van der Waals surface area contributed by atoms with Crippen LogP contribution in [-0.4, -0.2) is 65.9 Å². The summed E-state index contributed by atoms with van der Waals surface area (Å²) in [7, 11) is 0. The zero-order valence-electron chi connectivity index (χ0n) is 24.1. The number of hydrogen-bond donors (Lipinski definition) is 1. The van der Waals surface area contributed by atoms with Gasteiger partial charge in [-0.1, -0.05) is 30.3 Å². The maximum Gasteiger partial charge on any atom is 0.350 e. The fourth-order valence-electron chi connectivity index (χ4n) is 5.31. The van der Waals surface area contributed by atoms with Gasteiger partial charge in [0.1, 0.15) is 24.8 Å². The standard InChI is InChI=1S/C32H38N6O4/c1-23(33)24(2)38-32(39)37(22-34-38)28-10-8-26(9-11-28)35-16-18-36(19-17-35)27-12-14-29(15-13-27)40-20-30-21-41-31(42-30)25-6-4-3-5-7-25/h3-15,22-24,30-31H,16-21,33H2,1-2H3/t23?,24?,30-,31-/m1/s1. The Labute approximate surface area is 245 Å². The van der Waals surface area contributed by atoms with Crippen LogP contribution in [0.2, 0.25) is 0 Å². The first-order valence-corrected chi connectivity index (χ1v) is 14.5. The molecule has 0 amide bonds. The van der Waals surface area contributed by atoms with Crippen LogP contribution in [0.15, 0.2) is 90.0 Å². The van der Waals surface area contributed by atoms with Gasteiger partial charge in [-0.2, -0.15) is 5.10 Å². The van der Waals surface area contributed by atoms with Crippen molar-refractivity contribution in [2.24, 2.45) is 5.73 Å². The first-order chi connectivity index (χ1) is 20.5. The largest absolute Gasteiger partial charge is 0.491 e. The third-order valence-electron chi connectivity index (χ3n) is 8.07. The summed E-state index contributed by atoms with van der Waals surface area (Å²) in [5, 5.41) is 4.26. The minimum atomic E-state index is -0.331. The van der Waals surface area contributed by atoms with E-state index < -0.39 is 0 Å². The first kappa shape index (κ1) is 28.0. The lowest BCUT2D eigenvalue weighted by Gasteiger charge is -2.37. The average Bonchev–Trinajstić information content (AvgIpc) is 3.67. The number of benzene rings is 3. The molecule has 42 heavy (non-hydrogen) atoms. The molecule has 0 bridgehead atoms. The minimum Gasteiger partial charge on any atom is -0.491 e. The van der Waals surface area contributed by atoms with Gasteiger partial charge in [-0.25, -0.2) is 14.0 Å². The van der Waals surface area contributed by atoms with Crippen LogP contribution in [0.1, 0.15) is 31.7 Å². The van der Waals surface area contributed by atoms with E-state index in [0.29, 0.717) is 13.2 Å². The number of anilines is 2. The Morgan fingerprint density at radius 3 is 2.10 bits per heavy atom. The van der Waals surface area contributed by atoms with Gasteiger partial charge in [0.05, 0.1) is 18.3 Å². The number of nitrogens with zero attached hydrogens (tertiary/aromatic N) is 5. The molecule has 2 N–H and O–H groups in total. The second kappa shape index (κ2) is 12.4. The summed E-state index contributed by atoms with van der Waals surface area (Å²) in [6.07, 6.45) is 1.13. The Bertz CT molecular complexity index is 1490. The Hall–Kier alpha value is -4.12. The Morgan fingerprint density at radius 2 is 1.48 bits per heavy atom. The van der Waals surface area contributed by atoms with Gasteiger partial charge in [0.15, 0.2) is 6.29 Å². The van der Waals surface area contributed by atoms with Gasteiger partial charge < -0.3 is 29.7 Å². The van der Waals surface area contributed by atoms with E-state index in [0.717, 1.165) is 48.9 Å². The van der Waals surface area contributed by atoms with E-state index in [1.807, 2.05) is 68.4 Å². The second-order valence-corrected chi connectivity index (χ2v) is 11.0. The zero-order valence-corrected chi connectivity index (χ0v) is 24.1. The molecule has 3 heterocycles. The molecule has 0 saturated carbocycles. The van der Waals surface area contributed by atoms with Crippen LogP contribution in [0.25, 0.3) is 5.69 Å². The van der Waals surface area contributed by atoms with E-state index in [9.17, 15) is 4.79 Å². The summed E-state index contributed by atoms with van der Waals surface area (Å²) in [6.45, 7) is 8.38. The number of aromatic nitrogens is 3. The maximum absolute atomic E-state index is 12.8. The van der Waals surface area contributed by atoms with Crippen LogP contribution in [0.3, 0.4) is 0 Å². The smallest absolute Gasteiger partial charge is 0.350 e. The van der Waals surface area contributed by atoms with Gasteiger partial charge in [0, 0.05) is 49.2 Å². The maximum atomic E-state index is 12.8. The summed E-state index contributed by atoms with van der Waals surface area (Å²) < 4.78 is 20.8. The summed E-state index contributed by atoms with van der Waals surface area (Å²) in [4.78, 5) is 17.6. The third kappa shape index (κ3) is 6.06. The van der Waals surface area contributed by atoms with Gasteiger partial charge in [-0.15, -0.1) is 0 Å². The number of hydrogen-bond acceptors (Lipinski definition) is 8. The fourth-order valence-corrected chi connectivity index (χ4v) is 5.31. The second-order valence-electron chi connectivity index (χ2n) is 11.0. The van der Waals surface area contributed by atoms with Crippen LogP contribution in [-0.2, 0) is 9.47 Å². The van der Waals surface area contributed by atoms with Crippen molar-refractivity contribution in [3.05, 3.63) is 101 Å². The van der Waals surface area contributed by atoms with Gasteiger partial charge in [-0.05, 0) is 62.4 Å². The Balaban J connectivity index is 0.985. The third-order valence-corrected chi connectivity index (χ3v) is 8.07. The summed E-state index contributed by atoms with van der Waals surface area (Å²) >= 11 is 0. The van der Waals surface area contributed by atoms with Crippen molar-refractivity contribution in [2.45, 2.75) is 38.3 Å². The zero-order chi connectivity index (χ0) is 29.1. The molecule has 10 nitrogen and oxygen atoms in total. The molecule has 2 aliphatic heterocycles. The molecule has 6 rings (SSSR count). The van der Waals surface area contributed by atoms with Gasteiger partial charge in [0.25, 0.3) is 0 Å².